The number of rotatable bonds is 5. The maximum atomic E-state index is 11.9. The first-order valence-electron chi connectivity index (χ1n) is 6.61. The fourth-order valence-corrected chi connectivity index (χ4v) is 1.99. The second kappa shape index (κ2) is 6.23. The lowest BCUT2D eigenvalue weighted by Gasteiger charge is -2.10. The van der Waals surface area contributed by atoms with Gasteiger partial charge in [0.15, 0.2) is 6.61 Å². The Morgan fingerprint density at radius 3 is 2.80 bits per heavy atom. The molecule has 1 aromatic carbocycles. The first-order chi connectivity index (χ1) is 9.60. The lowest BCUT2D eigenvalue weighted by molar-refractivity contribution is -0.118. The molecule has 0 radical (unpaired) electrons. The van der Waals surface area contributed by atoms with Crippen LogP contribution >= 0.6 is 0 Å². The predicted octanol–water partition coefficient (Wildman–Crippen LogP) is 2.31. The van der Waals surface area contributed by atoms with E-state index in [1.54, 1.807) is 11.7 Å². The highest BCUT2D eigenvalue weighted by Gasteiger charge is 2.09. The molecule has 0 aliphatic heterocycles. The van der Waals surface area contributed by atoms with Gasteiger partial charge in [-0.05, 0) is 25.0 Å². The molecule has 0 bridgehead atoms. The maximum Gasteiger partial charge on any atom is 0.263 e. The van der Waals surface area contributed by atoms with Gasteiger partial charge in [0.2, 0.25) is 0 Å². The lowest BCUT2D eigenvalue weighted by atomic mass is 10.1. The zero-order valence-corrected chi connectivity index (χ0v) is 12.0. The monoisotopic (exact) mass is 273 g/mol. The minimum absolute atomic E-state index is 0.0127. The molecule has 20 heavy (non-hydrogen) atoms. The van der Waals surface area contributed by atoms with Crippen molar-refractivity contribution < 1.29 is 9.53 Å². The molecular formula is C15H19N3O2. The molecule has 0 fully saturated rings. The molecule has 0 saturated heterocycles. The van der Waals surface area contributed by atoms with Crippen LogP contribution in [0.25, 0.3) is 0 Å². The van der Waals surface area contributed by atoms with Crippen molar-refractivity contribution in [2.24, 2.45) is 7.05 Å². The van der Waals surface area contributed by atoms with Crippen molar-refractivity contribution in [3.63, 3.8) is 0 Å². The summed E-state index contributed by atoms with van der Waals surface area (Å²) in [5.41, 5.74) is 1.96. The number of para-hydroxylation sites is 1. The van der Waals surface area contributed by atoms with E-state index in [-0.39, 0.29) is 12.5 Å². The third kappa shape index (κ3) is 3.38. The molecule has 1 aromatic heterocycles. The Labute approximate surface area is 118 Å². The zero-order chi connectivity index (χ0) is 14.5. The van der Waals surface area contributed by atoms with E-state index in [9.17, 15) is 4.79 Å². The van der Waals surface area contributed by atoms with Gasteiger partial charge in [0.1, 0.15) is 11.6 Å². The van der Waals surface area contributed by atoms with Gasteiger partial charge in [0, 0.05) is 13.1 Å². The van der Waals surface area contributed by atoms with Gasteiger partial charge in [-0.1, -0.05) is 25.1 Å². The molecule has 5 nitrogen and oxygen atoms in total. The molecule has 0 saturated carbocycles. The molecular weight excluding hydrogens is 254 g/mol. The van der Waals surface area contributed by atoms with E-state index in [2.05, 4.69) is 17.3 Å². The second-order valence-electron chi connectivity index (χ2n) is 4.59. The molecule has 0 atom stereocenters. The maximum absolute atomic E-state index is 11.9. The normalized spacial score (nSPS) is 10.3. The van der Waals surface area contributed by atoms with Gasteiger partial charge in [0.25, 0.3) is 5.91 Å². The molecule has 2 aromatic rings. The number of ether oxygens (including phenoxy) is 1. The van der Waals surface area contributed by atoms with Gasteiger partial charge in [0.05, 0.1) is 5.69 Å². The standard InChI is InChI=1S/C15H19N3O2/c1-4-12-7-5-6-8-13(12)20-10-15(19)16-14-9-11(2)17-18(14)3/h5-9H,4,10H2,1-3H3,(H,16,19). The molecule has 1 amide bonds. The average Bonchev–Trinajstić information content (AvgIpc) is 2.75. The number of carbonyl (C=O) groups is 1. The number of nitrogens with one attached hydrogen (secondary N) is 1. The predicted molar refractivity (Wildman–Crippen MR) is 77.9 cm³/mol. The van der Waals surface area contributed by atoms with E-state index in [0.717, 1.165) is 23.4 Å². The second-order valence-corrected chi connectivity index (χ2v) is 4.59. The summed E-state index contributed by atoms with van der Waals surface area (Å²) in [5.74, 6) is 1.23. The Kier molecular flexibility index (Phi) is 4.40. The van der Waals surface area contributed by atoms with Crippen molar-refractivity contribution in [2.45, 2.75) is 20.3 Å². The van der Waals surface area contributed by atoms with Crippen LogP contribution in [0.5, 0.6) is 5.75 Å². The van der Waals surface area contributed by atoms with Gasteiger partial charge < -0.3 is 10.1 Å². The van der Waals surface area contributed by atoms with Gasteiger partial charge in [-0.15, -0.1) is 0 Å². The largest absolute Gasteiger partial charge is 0.483 e. The quantitative estimate of drug-likeness (QED) is 0.909. The molecule has 1 heterocycles. The summed E-state index contributed by atoms with van der Waals surface area (Å²) in [7, 11) is 1.79. The number of hydrogen-bond acceptors (Lipinski definition) is 3. The van der Waals surface area contributed by atoms with Crippen LogP contribution in [0, 0.1) is 6.92 Å². The fraction of sp³-hybridized carbons (Fsp3) is 0.333. The lowest BCUT2D eigenvalue weighted by Crippen LogP contribution is -2.21. The number of anilines is 1. The minimum atomic E-state index is -0.195. The van der Waals surface area contributed by atoms with E-state index < -0.39 is 0 Å². The van der Waals surface area contributed by atoms with Crippen molar-refractivity contribution in [3.8, 4) is 5.75 Å². The number of hydrogen-bond donors (Lipinski definition) is 1. The third-order valence-electron chi connectivity index (χ3n) is 2.98. The summed E-state index contributed by atoms with van der Waals surface area (Å²) in [5, 5.41) is 6.95. The number of amides is 1. The van der Waals surface area contributed by atoms with Gasteiger partial charge in [-0.2, -0.15) is 5.10 Å². The highest BCUT2D eigenvalue weighted by Crippen LogP contribution is 2.18. The highest BCUT2D eigenvalue weighted by atomic mass is 16.5. The first kappa shape index (κ1) is 14.1. The van der Waals surface area contributed by atoms with Crippen LogP contribution in [0.3, 0.4) is 0 Å². The van der Waals surface area contributed by atoms with Crippen molar-refractivity contribution in [1.29, 1.82) is 0 Å². The van der Waals surface area contributed by atoms with Gasteiger partial charge in [-0.25, -0.2) is 0 Å². The van der Waals surface area contributed by atoms with Gasteiger partial charge >= 0.3 is 0 Å². The van der Waals surface area contributed by atoms with Crippen LogP contribution in [0.1, 0.15) is 18.2 Å². The van der Waals surface area contributed by atoms with E-state index >= 15 is 0 Å². The van der Waals surface area contributed by atoms with Crippen molar-refractivity contribution in [1.82, 2.24) is 9.78 Å². The Morgan fingerprint density at radius 2 is 2.15 bits per heavy atom. The molecule has 1 N–H and O–H groups in total. The molecule has 5 heteroatoms. The van der Waals surface area contributed by atoms with E-state index in [0.29, 0.717) is 5.82 Å². The number of aryl methyl sites for hydroxylation is 3. The summed E-state index contributed by atoms with van der Waals surface area (Å²) >= 11 is 0. The van der Waals surface area contributed by atoms with Crippen molar-refractivity contribution in [2.75, 3.05) is 11.9 Å². The molecule has 0 spiro atoms. The Balaban J connectivity index is 1.94. The summed E-state index contributed by atoms with van der Waals surface area (Å²) in [6, 6.07) is 9.55. The van der Waals surface area contributed by atoms with E-state index in [4.69, 9.17) is 4.74 Å². The molecule has 106 valence electrons. The highest BCUT2D eigenvalue weighted by molar-refractivity contribution is 5.91. The van der Waals surface area contributed by atoms with Crippen LogP contribution in [0.15, 0.2) is 30.3 Å². The zero-order valence-electron chi connectivity index (χ0n) is 12.0. The molecule has 0 aliphatic rings. The van der Waals surface area contributed by atoms with E-state index in [1.807, 2.05) is 37.3 Å². The average molecular weight is 273 g/mol. The topological polar surface area (TPSA) is 56.1 Å². The third-order valence-corrected chi connectivity index (χ3v) is 2.98. The molecule has 0 unspecified atom stereocenters. The van der Waals surface area contributed by atoms with Crippen LogP contribution in [-0.4, -0.2) is 22.3 Å². The Morgan fingerprint density at radius 1 is 1.40 bits per heavy atom. The van der Waals surface area contributed by atoms with E-state index in [1.165, 1.54) is 0 Å². The number of benzene rings is 1. The summed E-state index contributed by atoms with van der Waals surface area (Å²) in [4.78, 5) is 11.9. The summed E-state index contributed by atoms with van der Waals surface area (Å²) < 4.78 is 7.20. The molecule has 0 aliphatic carbocycles. The van der Waals surface area contributed by atoms with Crippen LogP contribution in [0.2, 0.25) is 0 Å². The van der Waals surface area contributed by atoms with Crippen LogP contribution in [0.4, 0.5) is 5.82 Å². The Hall–Kier alpha value is -2.30. The van der Waals surface area contributed by atoms with Crippen LogP contribution in [-0.2, 0) is 18.3 Å². The molecule has 2 rings (SSSR count). The Bertz CT molecular complexity index is 605. The van der Waals surface area contributed by atoms with Crippen molar-refractivity contribution in [3.05, 3.63) is 41.6 Å². The minimum Gasteiger partial charge on any atom is -0.483 e. The smallest absolute Gasteiger partial charge is 0.263 e. The summed E-state index contributed by atoms with van der Waals surface area (Å²) in [6.07, 6.45) is 0.874. The first-order valence-corrected chi connectivity index (χ1v) is 6.61. The summed E-state index contributed by atoms with van der Waals surface area (Å²) in [6.45, 7) is 3.92. The SMILES string of the molecule is CCc1ccccc1OCC(=O)Nc1cc(C)nn1C. The van der Waals surface area contributed by atoms with Crippen molar-refractivity contribution >= 4 is 11.7 Å². The van der Waals surface area contributed by atoms with Gasteiger partial charge in [-0.3, -0.25) is 9.48 Å². The fourth-order valence-electron chi connectivity index (χ4n) is 1.99. The number of aromatic nitrogens is 2. The number of nitrogens with zero attached hydrogens (tertiary/aromatic N) is 2. The van der Waals surface area contributed by atoms with Crippen LogP contribution < -0.4 is 10.1 Å². The number of carbonyl (C=O) groups excluding carboxylic acids is 1.